The lowest BCUT2D eigenvalue weighted by Crippen LogP contribution is -2.32. The van der Waals surface area contributed by atoms with Crippen molar-refractivity contribution in [1.82, 2.24) is 10.7 Å². The van der Waals surface area contributed by atoms with E-state index in [1.54, 1.807) is 6.21 Å². The van der Waals surface area contributed by atoms with E-state index in [4.69, 9.17) is 12.2 Å². The predicted molar refractivity (Wildman–Crippen MR) is 124 cm³/mol. The number of hydrogen-bond acceptors (Lipinski definition) is 2. The van der Waals surface area contributed by atoms with Gasteiger partial charge in [-0.2, -0.15) is 5.10 Å². The molecule has 3 nitrogen and oxygen atoms in total. The first kappa shape index (κ1) is 23.4. The second-order valence-corrected chi connectivity index (χ2v) is 7.52. The molecule has 0 heterocycles. The molecule has 0 radical (unpaired) electrons. The Morgan fingerprint density at radius 1 is 0.926 bits per heavy atom. The Labute approximate surface area is 171 Å². The minimum Gasteiger partial charge on any atom is -0.361 e. The van der Waals surface area contributed by atoms with Crippen molar-refractivity contribution in [3.63, 3.8) is 0 Å². The van der Waals surface area contributed by atoms with Gasteiger partial charge in [0.1, 0.15) is 0 Å². The molecule has 0 unspecified atom stereocenters. The lowest BCUT2D eigenvalue weighted by molar-refractivity contribution is 0.554. The van der Waals surface area contributed by atoms with Gasteiger partial charge in [0.25, 0.3) is 0 Å². The fourth-order valence-corrected chi connectivity index (χ4v) is 3.05. The van der Waals surface area contributed by atoms with Crippen LogP contribution >= 0.6 is 12.2 Å². The molecule has 1 rings (SSSR count). The topological polar surface area (TPSA) is 36.4 Å². The Kier molecular flexibility index (Phi) is 14.3. The summed E-state index contributed by atoms with van der Waals surface area (Å²) in [5.41, 5.74) is 5.13. The summed E-state index contributed by atoms with van der Waals surface area (Å²) in [5, 5.41) is 8.00. The monoisotopic (exact) mass is 387 g/mol. The standard InChI is InChI=1S/C23H37N3S/c1-3-4-5-6-7-8-9-10-11-15-18-24-23(27)26-25-20-21(2)19-22-16-13-12-14-17-22/h12-14,16-17,19-20H,3-11,15,18H2,1-2H3,(H2,24,26,27)/b21-19+,25-20-. The molecule has 150 valence electrons. The summed E-state index contributed by atoms with van der Waals surface area (Å²) >= 11 is 5.25. The minimum absolute atomic E-state index is 0.592. The van der Waals surface area contributed by atoms with Crippen LogP contribution in [-0.2, 0) is 0 Å². The highest BCUT2D eigenvalue weighted by Gasteiger charge is 1.95. The molecule has 0 aromatic heterocycles. The summed E-state index contributed by atoms with van der Waals surface area (Å²) in [6.45, 7) is 5.21. The summed E-state index contributed by atoms with van der Waals surface area (Å²) in [6, 6.07) is 10.2. The molecule has 1 aromatic carbocycles. The lowest BCUT2D eigenvalue weighted by atomic mass is 10.1. The van der Waals surface area contributed by atoms with Crippen LogP contribution in [0.15, 0.2) is 41.0 Å². The molecule has 0 fully saturated rings. The Hall–Kier alpha value is -1.68. The average Bonchev–Trinajstić information content (AvgIpc) is 2.67. The largest absolute Gasteiger partial charge is 0.361 e. The van der Waals surface area contributed by atoms with Crippen molar-refractivity contribution in [2.45, 2.75) is 78.1 Å². The number of unbranched alkanes of at least 4 members (excludes halogenated alkanes) is 9. The van der Waals surface area contributed by atoms with Crippen LogP contribution in [0.5, 0.6) is 0 Å². The van der Waals surface area contributed by atoms with Crippen LogP contribution in [0.4, 0.5) is 0 Å². The molecule has 27 heavy (non-hydrogen) atoms. The Morgan fingerprint density at radius 3 is 2.15 bits per heavy atom. The molecule has 4 heteroatoms. The maximum atomic E-state index is 5.25. The maximum absolute atomic E-state index is 5.25. The van der Waals surface area contributed by atoms with Gasteiger partial charge in [-0.1, -0.05) is 101 Å². The van der Waals surface area contributed by atoms with Crippen LogP contribution in [0.1, 0.15) is 83.6 Å². The summed E-state index contributed by atoms with van der Waals surface area (Å²) in [5.74, 6) is 0. The number of thiocarbonyl (C=S) groups is 1. The van der Waals surface area contributed by atoms with E-state index in [9.17, 15) is 0 Å². The smallest absolute Gasteiger partial charge is 0.186 e. The average molecular weight is 388 g/mol. The Bertz CT molecular complexity index is 552. The number of nitrogens with one attached hydrogen (secondary N) is 2. The molecular weight excluding hydrogens is 350 g/mol. The summed E-state index contributed by atoms with van der Waals surface area (Å²) in [4.78, 5) is 0. The van der Waals surface area contributed by atoms with Gasteiger partial charge in [0.05, 0.1) is 6.21 Å². The van der Waals surface area contributed by atoms with Crippen molar-refractivity contribution in [2.75, 3.05) is 6.54 Å². The van der Waals surface area contributed by atoms with Gasteiger partial charge in [-0.3, -0.25) is 5.43 Å². The molecule has 2 N–H and O–H groups in total. The second-order valence-electron chi connectivity index (χ2n) is 7.11. The zero-order valence-corrected chi connectivity index (χ0v) is 18.0. The van der Waals surface area contributed by atoms with Crippen LogP contribution in [0.3, 0.4) is 0 Å². The number of benzene rings is 1. The second kappa shape index (κ2) is 16.5. The fraction of sp³-hybridized carbons (Fsp3) is 0.565. The highest BCUT2D eigenvalue weighted by Crippen LogP contribution is 2.10. The van der Waals surface area contributed by atoms with Gasteiger partial charge in [-0.25, -0.2) is 0 Å². The molecule has 0 spiro atoms. The van der Waals surface area contributed by atoms with Crippen LogP contribution in [0, 0.1) is 0 Å². The number of hydrogen-bond donors (Lipinski definition) is 2. The van der Waals surface area contributed by atoms with Gasteiger partial charge in [0, 0.05) is 6.54 Å². The molecule has 0 aliphatic rings. The van der Waals surface area contributed by atoms with Crippen molar-refractivity contribution < 1.29 is 0 Å². The Balaban J connectivity index is 1.99. The van der Waals surface area contributed by atoms with Crippen molar-refractivity contribution in [2.24, 2.45) is 5.10 Å². The van der Waals surface area contributed by atoms with E-state index in [1.807, 2.05) is 25.1 Å². The first-order valence-electron chi connectivity index (χ1n) is 10.5. The minimum atomic E-state index is 0.592. The van der Waals surface area contributed by atoms with E-state index in [1.165, 1.54) is 63.4 Å². The molecule has 0 atom stereocenters. The van der Waals surface area contributed by atoms with Gasteiger partial charge in [0.15, 0.2) is 5.11 Å². The third-order valence-corrected chi connectivity index (χ3v) is 4.68. The maximum Gasteiger partial charge on any atom is 0.186 e. The lowest BCUT2D eigenvalue weighted by Gasteiger charge is -2.07. The van der Waals surface area contributed by atoms with E-state index >= 15 is 0 Å². The van der Waals surface area contributed by atoms with E-state index in [0.717, 1.165) is 18.5 Å². The molecule has 1 aromatic rings. The highest BCUT2D eigenvalue weighted by molar-refractivity contribution is 7.80. The van der Waals surface area contributed by atoms with Gasteiger partial charge < -0.3 is 5.32 Å². The zero-order chi connectivity index (χ0) is 19.6. The quantitative estimate of drug-likeness (QED) is 0.166. The summed E-state index contributed by atoms with van der Waals surface area (Å²) in [6.07, 6.45) is 17.4. The Morgan fingerprint density at radius 2 is 1.52 bits per heavy atom. The zero-order valence-electron chi connectivity index (χ0n) is 17.2. The van der Waals surface area contributed by atoms with E-state index in [2.05, 4.69) is 41.0 Å². The van der Waals surface area contributed by atoms with Crippen molar-refractivity contribution in [1.29, 1.82) is 0 Å². The van der Waals surface area contributed by atoms with Crippen molar-refractivity contribution in [3.8, 4) is 0 Å². The third-order valence-electron chi connectivity index (χ3n) is 4.44. The van der Waals surface area contributed by atoms with E-state index in [-0.39, 0.29) is 0 Å². The SMILES string of the molecule is CCCCCCCCCCCCNC(=S)N/N=C\C(C)=C\c1ccccc1. The van der Waals surface area contributed by atoms with Crippen LogP contribution < -0.4 is 10.7 Å². The number of nitrogens with zero attached hydrogens (tertiary/aromatic N) is 1. The van der Waals surface area contributed by atoms with Crippen molar-refractivity contribution in [3.05, 3.63) is 41.5 Å². The third kappa shape index (κ3) is 14.1. The van der Waals surface area contributed by atoms with Gasteiger partial charge in [-0.15, -0.1) is 0 Å². The first-order valence-corrected chi connectivity index (χ1v) is 10.9. The fourth-order valence-electron chi connectivity index (χ4n) is 2.90. The van der Waals surface area contributed by atoms with Gasteiger partial charge in [-0.05, 0) is 36.7 Å². The van der Waals surface area contributed by atoms with E-state index in [0.29, 0.717) is 5.11 Å². The number of rotatable bonds is 14. The molecule has 0 aliphatic heterocycles. The summed E-state index contributed by atoms with van der Waals surface area (Å²) in [7, 11) is 0. The number of hydrazone groups is 1. The summed E-state index contributed by atoms with van der Waals surface area (Å²) < 4.78 is 0. The normalized spacial score (nSPS) is 11.7. The molecule has 0 saturated carbocycles. The van der Waals surface area contributed by atoms with Crippen LogP contribution in [0.2, 0.25) is 0 Å². The van der Waals surface area contributed by atoms with Crippen LogP contribution in [-0.4, -0.2) is 17.9 Å². The van der Waals surface area contributed by atoms with Crippen LogP contribution in [0.25, 0.3) is 6.08 Å². The molecule has 0 amide bonds. The molecular formula is C23H37N3S. The first-order chi connectivity index (χ1) is 13.2. The van der Waals surface area contributed by atoms with Crippen molar-refractivity contribution >= 4 is 29.6 Å². The van der Waals surface area contributed by atoms with Gasteiger partial charge in [0.2, 0.25) is 0 Å². The van der Waals surface area contributed by atoms with E-state index < -0.39 is 0 Å². The molecule has 0 saturated heterocycles. The molecule has 0 bridgehead atoms. The molecule has 0 aliphatic carbocycles. The van der Waals surface area contributed by atoms with Gasteiger partial charge >= 0.3 is 0 Å². The highest BCUT2D eigenvalue weighted by atomic mass is 32.1. The predicted octanol–water partition coefficient (Wildman–Crippen LogP) is 6.46. The number of allylic oxidation sites excluding steroid dienone is 1.